The van der Waals surface area contributed by atoms with Gasteiger partial charge in [-0.25, -0.2) is 9.97 Å². The van der Waals surface area contributed by atoms with E-state index in [4.69, 9.17) is 9.97 Å². The van der Waals surface area contributed by atoms with Crippen LogP contribution in [0.4, 0.5) is 0 Å². The van der Waals surface area contributed by atoms with Gasteiger partial charge in [-0.05, 0) is 120 Å². The normalized spacial score (nSPS) is 13.6. The first kappa shape index (κ1) is 30.1. The molecule has 3 aromatic rings. The molecule has 0 spiro atoms. The van der Waals surface area contributed by atoms with Crippen LogP contribution in [0.2, 0.25) is 0 Å². The zero-order valence-corrected chi connectivity index (χ0v) is 27.8. The molecule has 0 saturated heterocycles. The van der Waals surface area contributed by atoms with Gasteiger partial charge in [0.15, 0.2) is 0 Å². The van der Waals surface area contributed by atoms with Crippen LogP contribution in [0.25, 0.3) is 44.4 Å². The lowest BCUT2D eigenvalue weighted by Gasteiger charge is -2.05. The Balaban J connectivity index is 2.10. The second kappa shape index (κ2) is 12.1. The fraction of sp³-hybridized carbons (Fsp3) is 0.474. The van der Waals surface area contributed by atoms with E-state index in [1.54, 1.807) is 0 Å². The van der Waals surface area contributed by atoms with E-state index in [2.05, 4.69) is 103 Å². The van der Waals surface area contributed by atoms with Crippen molar-refractivity contribution in [2.75, 3.05) is 0 Å². The third-order valence-corrected chi connectivity index (χ3v) is 9.78. The summed E-state index contributed by atoms with van der Waals surface area (Å²) in [5, 5.41) is 0. The zero-order valence-electron chi connectivity index (χ0n) is 27.8. The fourth-order valence-corrected chi connectivity index (χ4v) is 7.72. The van der Waals surface area contributed by atoms with E-state index in [0.29, 0.717) is 0 Å². The molecule has 222 valence electrons. The van der Waals surface area contributed by atoms with Gasteiger partial charge in [-0.1, -0.05) is 55.4 Å². The van der Waals surface area contributed by atoms with E-state index in [0.717, 1.165) is 74.1 Å². The topological polar surface area (TPSA) is 35.6 Å². The molecule has 42 heavy (non-hydrogen) atoms. The Kier molecular flexibility index (Phi) is 8.64. The third-order valence-electron chi connectivity index (χ3n) is 9.78. The standard InChI is InChI=1S/C38H50N4/c1-11-23-25(13-3)33-20-35-27(15-5)29(17-7)37(41(35)9)22-38-30(18-8)28(16-6)36(42(38)10)21-34-26(14-4)24(12-2)32(40-34)19-31(23)39-33/h19-22H,11-18H2,1-10H3. The van der Waals surface area contributed by atoms with Crippen molar-refractivity contribution in [2.24, 2.45) is 14.1 Å². The average molecular weight is 563 g/mol. The van der Waals surface area contributed by atoms with Gasteiger partial charge in [0.1, 0.15) is 0 Å². The number of hydrogen-bond donors (Lipinski definition) is 0. The van der Waals surface area contributed by atoms with Crippen molar-refractivity contribution in [3.63, 3.8) is 0 Å². The number of nitrogens with zero attached hydrogens (tertiary/aromatic N) is 4. The van der Waals surface area contributed by atoms with Crippen LogP contribution in [0.1, 0.15) is 126 Å². The average Bonchev–Trinajstić information content (AvgIpc) is 3.67. The first-order valence-corrected chi connectivity index (χ1v) is 16.5. The van der Waals surface area contributed by atoms with E-state index < -0.39 is 0 Å². The van der Waals surface area contributed by atoms with Crippen LogP contribution < -0.4 is 0 Å². The van der Waals surface area contributed by atoms with E-state index in [9.17, 15) is 0 Å². The predicted octanol–water partition coefficient (Wildman–Crippen LogP) is 10.0. The largest absolute Gasteiger partial charge is 0.344 e. The molecule has 0 atom stereocenters. The quantitative estimate of drug-likeness (QED) is 0.274. The maximum atomic E-state index is 5.34. The van der Waals surface area contributed by atoms with Gasteiger partial charge >= 0.3 is 0 Å². The second-order valence-corrected chi connectivity index (χ2v) is 11.7. The molecule has 2 aliphatic rings. The van der Waals surface area contributed by atoms with Crippen LogP contribution >= 0.6 is 0 Å². The van der Waals surface area contributed by atoms with E-state index in [-0.39, 0.29) is 0 Å². The Bertz CT molecular complexity index is 1640. The van der Waals surface area contributed by atoms with Crippen molar-refractivity contribution in [2.45, 2.75) is 107 Å². The van der Waals surface area contributed by atoms with Gasteiger partial charge in [0.25, 0.3) is 0 Å². The smallest absolute Gasteiger partial charge is 0.0694 e. The van der Waals surface area contributed by atoms with Crippen molar-refractivity contribution in [3.8, 4) is 0 Å². The van der Waals surface area contributed by atoms with Crippen molar-refractivity contribution in [1.29, 1.82) is 0 Å². The first-order valence-electron chi connectivity index (χ1n) is 16.5. The molecule has 0 N–H and O–H groups in total. The van der Waals surface area contributed by atoms with Crippen molar-refractivity contribution in [3.05, 3.63) is 69.3 Å². The van der Waals surface area contributed by atoms with Gasteiger partial charge in [0.05, 0.1) is 22.8 Å². The molecular weight excluding hydrogens is 512 g/mol. The van der Waals surface area contributed by atoms with Gasteiger partial charge in [0, 0.05) is 36.2 Å². The lowest BCUT2D eigenvalue weighted by molar-refractivity contribution is 0.986. The molecule has 0 unspecified atom stereocenters. The van der Waals surface area contributed by atoms with Crippen LogP contribution in [-0.4, -0.2) is 19.1 Å². The highest BCUT2D eigenvalue weighted by molar-refractivity contribution is 5.96. The molecule has 0 saturated carbocycles. The van der Waals surface area contributed by atoms with Crippen molar-refractivity contribution < 1.29 is 0 Å². The first-order chi connectivity index (χ1) is 20.3. The molecule has 8 bridgehead atoms. The zero-order chi connectivity index (χ0) is 30.3. The summed E-state index contributed by atoms with van der Waals surface area (Å²) in [6.07, 6.45) is 7.91. The monoisotopic (exact) mass is 562 g/mol. The number of fused-ring (bicyclic) bond motifs is 8. The Morgan fingerprint density at radius 3 is 0.905 bits per heavy atom. The molecule has 2 aliphatic heterocycles. The van der Waals surface area contributed by atoms with Crippen LogP contribution in [0.15, 0.2) is 24.3 Å². The van der Waals surface area contributed by atoms with Crippen LogP contribution in [-0.2, 0) is 39.8 Å². The van der Waals surface area contributed by atoms with Crippen molar-refractivity contribution in [1.82, 2.24) is 19.1 Å². The Hall–Kier alpha value is -3.40. The van der Waals surface area contributed by atoms with E-state index in [1.807, 2.05) is 0 Å². The Morgan fingerprint density at radius 1 is 0.381 bits per heavy atom. The predicted molar refractivity (Wildman–Crippen MR) is 183 cm³/mol. The number of hydrogen-bond acceptors (Lipinski definition) is 2. The fourth-order valence-electron chi connectivity index (χ4n) is 7.72. The minimum Gasteiger partial charge on any atom is -0.344 e. The molecule has 0 amide bonds. The summed E-state index contributed by atoms with van der Waals surface area (Å²) in [5.41, 5.74) is 20.9. The summed E-state index contributed by atoms with van der Waals surface area (Å²) < 4.78 is 4.87. The highest BCUT2D eigenvalue weighted by Crippen LogP contribution is 2.39. The number of allylic oxidation sites excluding steroid dienone is 4. The second-order valence-electron chi connectivity index (χ2n) is 11.7. The van der Waals surface area contributed by atoms with Crippen LogP contribution in [0.3, 0.4) is 0 Å². The number of rotatable bonds is 8. The lowest BCUT2D eigenvalue weighted by atomic mass is 9.97. The van der Waals surface area contributed by atoms with Crippen molar-refractivity contribution >= 4 is 44.4 Å². The molecule has 0 aliphatic carbocycles. The highest BCUT2D eigenvalue weighted by Gasteiger charge is 2.23. The number of aromatic nitrogens is 4. The SMILES string of the molecule is CCC1=C(CC)c2cc3c(CC)c(CC)c(cc4c(CC)c(CC)c(cc5nc(cc1n2)C(CC)=C5CC)n4C)n3C. The molecule has 0 fully saturated rings. The van der Waals surface area contributed by atoms with Crippen LogP contribution in [0.5, 0.6) is 0 Å². The third kappa shape index (κ3) is 4.58. The minimum absolute atomic E-state index is 0.968. The number of aryl methyl sites for hydroxylation is 6. The maximum absolute atomic E-state index is 5.34. The molecule has 0 aromatic carbocycles. The van der Waals surface area contributed by atoms with E-state index >= 15 is 0 Å². The summed E-state index contributed by atoms with van der Waals surface area (Å²) in [6, 6.07) is 9.50. The van der Waals surface area contributed by atoms with Gasteiger partial charge in [-0.3, -0.25) is 0 Å². The maximum Gasteiger partial charge on any atom is 0.0694 e. The molecule has 4 heteroatoms. The van der Waals surface area contributed by atoms with Gasteiger partial charge in [-0.15, -0.1) is 0 Å². The van der Waals surface area contributed by atoms with Gasteiger partial charge < -0.3 is 9.13 Å². The summed E-state index contributed by atoms with van der Waals surface area (Å²) >= 11 is 0. The summed E-state index contributed by atoms with van der Waals surface area (Å²) in [5.74, 6) is 0. The molecular formula is C38H50N4. The molecule has 4 nitrogen and oxygen atoms in total. The van der Waals surface area contributed by atoms with E-state index in [1.165, 1.54) is 66.6 Å². The summed E-state index contributed by atoms with van der Waals surface area (Å²) in [4.78, 5) is 10.7. The molecule has 3 aromatic heterocycles. The molecule has 5 heterocycles. The van der Waals surface area contributed by atoms with Gasteiger partial charge in [0.2, 0.25) is 0 Å². The summed E-state index contributed by atoms with van der Waals surface area (Å²) in [6.45, 7) is 18.3. The van der Waals surface area contributed by atoms with Gasteiger partial charge in [-0.2, -0.15) is 0 Å². The molecule has 0 radical (unpaired) electrons. The Morgan fingerprint density at radius 2 is 0.643 bits per heavy atom. The van der Waals surface area contributed by atoms with Crippen LogP contribution in [0, 0.1) is 0 Å². The minimum atomic E-state index is 0.968. The molecule has 5 rings (SSSR count). The lowest BCUT2D eigenvalue weighted by Crippen LogP contribution is -1.91. The Labute approximate surface area is 253 Å². The highest BCUT2D eigenvalue weighted by atomic mass is 15.0. The summed E-state index contributed by atoms with van der Waals surface area (Å²) in [7, 11) is 4.50.